The van der Waals surface area contributed by atoms with Crippen LogP contribution in [0, 0.1) is 5.92 Å². The Balaban J connectivity index is 3.06. The quantitative estimate of drug-likeness (QED) is 0.419. The van der Waals surface area contributed by atoms with Gasteiger partial charge in [0.1, 0.15) is 0 Å². The van der Waals surface area contributed by atoms with E-state index < -0.39 is 0 Å². The zero-order valence-electron chi connectivity index (χ0n) is 11.2. The van der Waals surface area contributed by atoms with Gasteiger partial charge in [0.05, 0.1) is 39.6 Å². The molecule has 0 aliphatic rings. The number of ether oxygens (including phenoxy) is 3. The lowest BCUT2D eigenvalue weighted by molar-refractivity contribution is 0.0164. The molecule has 17 heavy (non-hydrogen) atoms. The van der Waals surface area contributed by atoms with Crippen molar-refractivity contribution in [2.45, 2.75) is 20.3 Å². The Hall–Kier alpha value is -0.420. The summed E-state index contributed by atoms with van der Waals surface area (Å²) in [6.07, 6.45) is 0.928. The number of hydrogen-bond acceptors (Lipinski definition) is 4. The summed E-state index contributed by atoms with van der Waals surface area (Å²) in [6.45, 7) is 12.6. The largest absolute Gasteiger partial charge is 0.379 e. The third-order valence-corrected chi connectivity index (χ3v) is 2.39. The number of rotatable bonds is 12. The van der Waals surface area contributed by atoms with E-state index in [1.165, 1.54) is 5.57 Å². The third kappa shape index (κ3) is 11.8. The van der Waals surface area contributed by atoms with Gasteiger partial charge >= 0.3 is 0 Å². The van der Waals surface area contributed by atoms with Gasteiger partial charge < -0.3 is 19.9 Å². The maximum atomic E-state index is 5.44. The molecule has 0 amide bonds. The van der Waals surface area contributed by atoms with Crippen LogP contribution in [0.2, 0.25) is 0 Å². The minimum atomic E-state index is 0.537. The van der Waals surface area contributed by atoms with Crippen molar-refractivity contribution in [1.29, 1.82) is 0 Å². The van der Waals surface area contributed by atoms with Crippen LogP contribution in [0.5, 0.6) is 0 Å². The molecule has 0 heterocycles. The lowest BCUT2D eigenvalue weighted by Gasteiger charge is -2.10. The molecule has 0 aromatic heterocycles. The van der Waals surface area contributed by atoms with Gasteiger partial charge in [-0.2, -0.15) is 0 Å². The third-order valence-electron chi connectivity index (χ3n) is 2.39. The molecule has 2 N–H and O–H groups in total. The maximum Gasteiger partial charge on any atom is 0.0701 e. The first kappa shape index (κ1) is 16.6. The summed E-state index contributed by atoms with van der Waals surface area (Å²) in [6, 6.07) is 0. The van der Waals surface area contributed by atoms with Gasteiger partial charge in [0.2, 0.25) is 0 Å². The molecule has 0 saturated heterocycles. The lowest BCUT2D eigenvalue weighted by atomic mass is 10.0. The van der Waals surface area contributed by atoms with E-state index in [2.05, 4.69) is 20.4 Å². The van der Waals surface area contributed by atoms with E-state index in [-0.39, 0.29) is 0 Å². The first-order valence-corrected chi connectivity index (χ1v) is 6.29. The molecule has 0 aliphatic heterocycles. The van der Waals surface area contributed by atoms with Crippen LogP contribution >= 0.6 is 0 Å². The highest BCUT2D eigenvalue weighted by Gasteiger charge is 1.99. The van der Waals surface area contributed by atoms with Gasteiger partial charge in [-0.1, -0.05) is 26.0 Å². The second-order valence-corrected chi connectivity index (χ2v) is 4.19. The molecule has 0 unspecified atom stereocenters. The SMILES string of the molecule is C=C(CCOCCOCCOCCN)C(C)C. The maximum absolute atomic E-state index is 5.44. The van der Waals surface area contributed by atoms with Crippen molar-refractivity contribution in [3.8, 4) is 0 Å². The van der Waals surface area contributed by atoms with Crippen molar-refractivity contribution in [3.63, 3.8) is 0 Å². The molecule has 0 spiro atoms. The highest BCUT2D eigenvalue weighted by Crippen LogP contribution is 2.10. The second-order valence-electron chi connectivity index (χ2n) is 4.19. The fourth-order valence-corrected chi connectivity index (χ4v) is 1.12. The van der Waals surface area contributed by atoms with Crippen LogP contribution in [0.4, 0.5) is 0 Å². The van der Waals surface area contributed by atoms with E-state index in [0.717, 1.165) is 13.0 Å². The average Bonchev–Trinajstić information content (AvgIpc) is 2.31. The number of hydrogen-bond donors (Lipinski definition) is 1. The zero-order chi connectivity index (χ0) is 12.9. The average molecular weight is 245 g/mol. The Morgan fingerprint density at radius 2 is 1.41 bits per heavy atom. The van der Waals surface area contributed by atoms with Crippen LogP contribution in [0.3, 0.4) is 0 Å². The van der Waals surface area contributed by atoms with Crippen molar-refractivity contribution in [2.75, 3.05) is 46.2 Å². The van der Waals surface area contributed by atoms with E-state index >= 15 is 0 Å². The van der Waals surface area contributed by atoms with Gasteiger partial charge in [0, 0.05) is 6.54 Å². The van der Waals surface area contributed by atoms with Gasteiger partial charge in [0.15, 0.2) is 0 Å². The molecule has 0 fully saturated rings. The topological polar surface area (TPSA) is 53.7 Å². The molecule has 0 saturated carbocycles. The van der Waals surface area contributed by atoms with Crippen molar-refractivity contribution in [2.24, 2.45) is 11.7 Å². The summed E-state index contributed by atoms with van der Waals surface area (Å²) in [4.78, 5) is 0. The Kier molecular flexibility index (Phi) is 11.8. The Morgan fingerprint density at radius 3 is 1.88 bits per heavy atom. The monoisotopic (exact) mass is 245 g/mol. The van der Waals surface area contributed by atoms with Crippen molar-refractivity contribution < 1.29 is 14.2 Å². The van der Waals surface area contributed by atoms with E-state index in [0.29, 0.717) is 45.5 Å². The van der Waals surface area contributed by atoms with Crippen molar-refractivity contribution >= 4 is 0 Å². The standard InChI is InChI=1S/C13H27NO3/c1-12(2)13(3)4-6-15-8-10-17-11-9-16-7-5-14/h12H,3-11,14H2,1-2H3. The Bertz CT molecular complexity index is 184. The molecule has 102 valence electrons. The zero-order valence-corrected chi connectivity index (χ0v) is 11.2. The van der Waals surface area contributed by atoms with Gasteiger partial charge in [-0.3, -0.25) is 0 Å². The molecule has 4 nitrogen and oxygen atoms in total. The van der Waals surface area contributed by atoms with E-state index in [1.807, 2.05) is 0 Å². The molecular weight excluding hydrogens is 218 g/mol. The predicted molar refractivity (Wildman–Crippen MR) is 70.1 cm³/mol. The summed E-state index contributed by atoms with van der Waals surface area (Å²) >= 11 is 0. The lowest BCUT2D eigenvalue weighted by Crippen LogP contribution is -2.13. The molecule has 0 atom stereocenters. The molecule has 4 heteroatoms. The molecular formula is C13H27NO3. The number of nitrogens with two attached hydrogens (primary N) is 1. The normalized spacial score (nSPS) is 11.1. The fourth-order valence-electron chi connectivity index (χ4n) is 1.12. The summed E-state index contributed by atoms with van der Waals surface area (Å²) in [5.74, 6) is 0.537. The van der Waals surface area contributed by atoms with Gasteiger partial charge in [0.25, 0.3) is 0 Å². The van der Waals surface area contributed by atoms with Gasteiger partial charge in [-0.25, -0.2) is 0 Å². The van der Waals surface area contributed by atoms with Crippen molar-refractivity contribution in [3.05, 3.63) is 12.2 Å². The summed E-state index contributed by atoms with van der Waals surface area (Å²) in [5, 5.41) is 0. The molecule has 0 bridgehead atoms. The van der Waals surface area contributed by atoms with E-state index in [1.54, 1.807) is 0 Å². The highest BCUT2D eigenvalue weighted by atomic mass is 16.5. The van der Waals surface area contributed by atoms with Crippen LogP contribution in [0.25, 0.3) is 0 Å². The first-order valence-electron chi connectivity index (χ1n) is 6.29. The minimum Gasteiger partial charge on any atom is -0.379 e. The Labute approximate surface area is 105 Å². The van der Waals surface area contributed by atoms with Crippen LogP contribution in [0.1, 0.15) is 20.3 Å². The summed E-state index contributed by atoms with van der Waals surface area (Å²) in [7, 11) is 0. The smallest absolute Gasteiger partial charge is 0.0701 e. The van der Waals surface area contributed by atoms with Crippen LogP contribution in [0.15, 0.2) is 12.2 Å². The van der Waals surface area contributed by atoms with E-state index in [4.69, 9.17) is 19.9 Å². The van der Waals surface area contributed by atoms with Crippen LogP contribution < -0.4 is 5.73 Å². The molecule has 0 rings (SSSR count). The predicted octanol–water partition coefficient (Wildman–Crippen LogP) is 1.60. The van der Waals surface area contributed by atoms with Crippen molar-refractivity contribution in [1.82, 2.24) is 0 Å². The van der Waals surface area contributed by atoms with Crippen LogP contribution in [-0.4, -0.2) is 46.2 Å². The molecule has 0 aliphatic carbocycles. The molecule has 0 aromatic carbocycles. The molecule has 0 aromatic rings. The van der Waals surface area contributed by atoms with E-state index in [9.17, 15) is 0 Å². The summed E-state index contributed by atoms with van der Waals surface area (Å²) < 4.78 is 15.9. The summed E-state index contributed by atoms with van der Waals surface area (Å²) in [5.41, 5.74) is 6.51. The van der Waals surface area contributed by atoms with Gasteiger partial charge in [-0.15, -0.1) is 0 Å². The van der Waals surface area contributed by atoms with Gasteiger partial charge in [-0.05, 0) is 12.3 Å². The highest BCUT2D eigenvalue weighted by molar-refractivity contribution is 4.96. The fraction of sp³-hybridized carbons (Fsp3) is 0.846. The Morgan fingerprint density at radius 1 is 0.941 bits per heavy atom. The molecule has 0 radical (unpaired) electrons. The first-order chi connectivity index (χ1) is 8.18. The second kappa shape index (κ2) is 12.0. The minimum absolute atomic E-state index is 0.537. The van der Waals surface area contributed by atoms with Crippen LogP contribution in [-0.2, 0) is 14.2 Å².